The Morgan fingerprint density at radius 2 is 2.20 bits per heavy atom. The minimum absolute atomic E-state index is 0.183. The molecule has 0 atom stereocenters. The average Bonchev–Trinajstić information content (AvgIpc) is 2.25. The third-order valence-electron chi connectivity index (χ3n) is 1.76. The minimum Gasteiger partial charge on any atom is -0.445 e. The van der Waals surface area contributed by atoms with Crippen LogP contribution in [0.5, 0.6) is 0 Å². The lowest BCUT2D eigenvalue weighted by atomic mass is 10.2. The van der Waals surface area contributed by atoms with Crippen molar-refractivity contribution in [3.05, 3.63) is 41.8 Å². The maximum Gasteiger partial charge on any atom is 0.407 e. The molecule has 1 N–H and O–H groups in total. The molecule has 0 fully saturated rings. The van der Waals surface area contributed by atoms with Gasteiger partial charge in [0, 0.05) is 17.1 Å². The Hall–Kier alpha value is -1.22. The topological polar surface area (TPSA) is 38.3 Å². The van der Waals surface area contributed by atoms with Gasteiger partial charge in [-0.15, -0.1) is 0 Å². The Morgan fingerprint density at radius 3 is 2.87 bits per heavy atom. The van der Waals surface area contributed by atoms with Crippen molar-refractivity contribution in [3.8, 4) is 0 Å². The predicted octanol–water partition coefficient (Wildman–Crippen LogP) is 2.79. The smallest absolute Gasteiger partial charge is 0.407 e. The summed E-state index contributed by atoms with van der Waals surface area (Å²) in [5.41, 5.74) is 0.795. The van der Waals surface area contributed by atoms with Gasteiger partial charge in [0.05, 0.1) is 0 Å². The number of halogens is 1. The largest absolute Gasteiger partial charge is 0.445 e. The van der Waals surface area contributed by atoms with Gasteiger partial charge in [-0.3, -0.25) is 0 Å². The minimum atomic E-state index is -0.446. The van der Waals surface area contributed by atoms with Crippen molar-refractivity contribution < 1.29 is 9.53 Å². The summed E-state index contributed by atoms with van der Waals surface area (Å²) in [6, 6.07) is 7.25. The van der Waals surface area contributed by atoms with Gasteiger partial charge in [0.1, 0.15) is 6.61 Å². The maximum atomic E-state index is 11.1. The Labute approximate surface area is 94.4 Å². The predicted molar refractivity (Wildman–Crippen MR) is 59.6 cm³/mol. The van der Waals surface area contributed by atoms with Crippen molar-refractivity contribution in [1.82, 2.24) is 5.32 Å². The van der Waals surface area contributed by atoms with Crippen molar-refractivity contribution in [2.24, 2.45) is 0 Å². The maximum absolute atomic E-state index is 11.1. The lowest BCUT2D eigenvalue weighted by Gasteiger charge is -2.06. The van der Waals surface area contributed by atoms with Crippen LogP contribution in [0.15, 0.2) is 24.3 Å². The molecule has 15 heavy (non-hydrogen) atoms. The van der Waals surface area contributed by atoms with E-state index in [9.17, 15) is 4.79 Å². The molecule has 0 aliphatic heterocycles. The number of alkyl carbamates (subject to hydrolysis) is 1. The zero-order valence-corrected chi connectivity index (χ0v) is 9.09. The molecule has 1 amide bonds. The van der Waals surface area contributed by atoms with Gasteiger partial charge in [0.2, 0.25) is 0 Å². The van der Waals surface area contributed by atoms with E-state index in [0.29, 0.717) is 18.0 Å². The number of hydrogen-bond donors (Lipinski definition) is 1. The van der Waals surface area contributed by atoms with E-state index in [1.807, 2.05) is 18.2 Å². The van der Waals surface area contributed by atoms with Crippen LogP contribution in [0.25, 0.3) is 0 Å². The van der Waals surface area contributed by atoms with Crippen molar-refractivity contribution >= 4 is 17.7 Å². The van der Waals surface area contributed by atoms with Crippen LogP contribution < -0.4 is 5.32 Å². The molecule has 0 unspecified atom stereocenters. The van der Waals surface area contributed by atoms with Crippen molar-refractivity contribution in [2.75, 3.05) is 6.54 Å². The van der Waals surface area contributed by atoms with Gasteiger partial charge in [-0.05, 0) is 12.5 Å². The first-order chi connectivity index (χ1) is 7.24. The van der Waals surface area contributed by atoms with Crippen LogP contribution in [0.2, 0.25) is 5.02 Å². The Balaban J connectivity index is 2.37. The zero-order valence-electron chi connectivity index (χ0n) is 8.33. The third-order valence-corrected chi connectivity index (χ3v) is 2.13. The number of amides is 1. The second-order valence-corrected chi connectivity index (χ2v) is 3.36. The van der Waals surface area contributed by atoms with Gasteiger partial charge in [-0.1, -0.05) is 36.7 Å². The first kappa shape index (κ1) is 11.9. The van der Waals surface area contributed by atoms with Crippen LogP contribution >= 0.6 is 11.6 Å². The van der Waals surface area contributed by atoms with Crippen molar-refractivity contribution in [3.63, 3.8) is 0 Å². The first-order valence-electron chi connectivity index (χ1n) is 4.67. The highest BCUT2D eigenvalue weighted by molar-refractivity contribution is 6.31. The molecule has 0 saturated carbocycles. The molecule has 4 heteroatoms. The van der Waals surface area contributed by atoms with E-state index in [1.165, 1.54) is 0 Å². The molecule has 1 aromatic carbocycles. The number of carbonyl (C=O) groups is 1. The molecule has 1 radical (unpaired) electrons. The van der Waals surface area contributed by atoms with Crippen LogP contribution in [0.4, 0.5) is 4.79 Å². The summed E-state index contributed by atoms with van der Waals surface area (Å²) in [5.74, 6) is 0. The summed E-state index contributed by atoms with van der Waals surface area (Å²) in [6.45, 7) is 4.30. The highest BCUT2D eigenvalue weighted by Crippen LogP contribution is 2.15. The normalized spacial score (nSPS) is 9.73. The van der Waals surface area contributed by atoms with Crippen LogP contribution in [-0.2, 0) is 11.3 Å². The molecule has 0 aliphatic carbocycles. The Kier molecular flexibility index (Phi) is 4.98. The summed E-state index contributed by atoms with van der Waals surface area (Å²) < 4.78 is 4.95. The molecule has 0 spiro atoms. The van der Waals surface area contributed by atoms with Gasteiger partial charge < -0.3 is 10.1 Å². The number of rotatable bonds is 4. The van der Waals surface area contributed by atoms with Crippen LogP contribution in [0, 0.1) is 6.92 Å². The van der Waals surface area contributed by atoms with Gasteiger partial charge in [-0.2, -0.15) is 0 Å². The van der Waals surface area contributed by atoms with Gasteiger partial charge in [0.25, 0.3) is 0 Å². The highest BCUT2D eigenvalue weighted by atomic mass is 35.5. The fourth-order valence-electron chi connectivity index (χ4n) is 1.00. The Bertz CT molecular complexity index is 328. The number of hydrogen-bond acceptors (Lipinski definition) is 2. The molecular formula is C11H13ClNO2. The standard InChI is InChI=1S/C11H13ClNO2/c1-2-7-13-11(14)15-8-9-5-3-4-6-10(9)12/h3-6H,1-2,7-8H2,(H,13,14). The van der Waals surface area contributed by atoms with Gasteiger partial charge in [-0.25, -0.2) is 4.79 Å². The number of benzene rings is 1. The van der Waals surface area contributed by atoms with Crippen LogP contribution in [0.1, 0.15) is 12.0 Å². The summed E-state index contributed by atoms with van der Waals surface area (Å²) in [5, 5.41) is 3.15. The van der Waals surface area contributed by atoms with E-state index < -0.39 is 6.09 Å². The molecule has 81 valence electrons. The van der Waals surface area contributed by atoms with E-state index in [0.717, 1.165) is 5.56 Å². The van der Waals surface area contributed by atoms with Crippen molar-refractivity contribution in [2.45, 2.75) is 13.0 Å². The van der Waals surface area contributed by atoms with E-state index in [1.54, 1.807) is 6.07 Å². The summed E-state index contributed by atoms with van der Waals surface area (Å²) in [7, 11) is 0. The summed E-state index contributed by atoms with van der Waals surface area (Å²) >= 11 is 5.89. The molecule has 0 aliphatic rings. The molecule has 1 rings (SSSR count). The summed E-state index contributed by atoms with van der Waals surface area (Å²) in [4.78, 5) is 11.1. The fourth-order valence-corrected chi connectivity index (χ4v) is 1.19. The van der Waals surface area contributed by atoms with Gasteiger partial charge >= 0.3 is 6.09 Å². The zero-order chi connectivity index (χ0) is 11.1. The van der Waals surface area contributed by atoms with Crippen LogP contribution in [-0.4, -0.2) is 12.6 Å². The van der Waals surface area contributed by atoms with E-state index in [4.69, 9.17) is 16.3 Å². The monoisotopic (exact) mass is 226 g/mol. The number of carbonyl (C=O) groups excluding carboxylic acids is 1. The number of ether oxygens (including phenoxy) is 1. The quantitative estimate of drug-likeness (QED) is 0.858. The van der Waals surface area contributed by atoms with E-state index in [-0.39, 0.29) is 6.61 Å². The van der Waals surface area contributed by atoms with Gasteiger partial charge in [0.15, 0.2) is 0 Å². The third kappa shape index (κ3) is 4.21. The molecule has 0 bridgehead atoms. The molecule has 0 aromatic heterocycles. The van der Waals surface area contributed by atoms with Crippen LogP contribution in [0.3, 0.4) is 0 Å². The molecule has 3 nitrogen and oxygen atoms in total. The van der Waals surface area contributed by atoms with E-state index >= 15 is 0 Å². The van der Waals surface area contributed by atoms with Crippen molar-refractivity contribution in [1.29, 1.82) is 0 Å². The molecule has 1 aromatic rings. The second kappa shape index (κ2) is 6.30. The van der Waals surface area contributed by atoms with E-state index in [2.05, 4.69) is 12.2 Å². The second-order valence-electron chi connectivity index (χ2n) is 2.95. The molecule has 0 heterocycles. The summed E-state index contributed by atoms with van der Waals surface area (Å²) in [6.07, 6.45) is 0.194. The highest BCUT2D eigenvalue weighted by Gasteiger charge is 2.03. The Morgan fingerprint density at radius 1 is 1.47 bits per heavy atom. The average molecular weight is 227 g/mol. The first-order valence-corrected chi connectivity index (χ1v) is 5.05. The lowest BCUT2D eigenvalue weighted by molar-refractivity contribution is 0.140. The SMILES string of the molecule is [CH2]CCNC(=O)OCc1ccccc1Cl. The molecular weight excluding hydrogens is 214 g/mol. The number of nitrogens with one attached hydrogen (secondary N) is 1. The fraction of sp³-hybridized carbons (Fsp3) is 0.273. The molecule has 0 saturated heterocycles. The lowest BCUT2D eigenvalue weighted by Crippen LogP contribution is -2.24.